The van der Waals surface area contributed by atoms with Gasteiger partial charge in [-0.15, -0.1) is 0 Å². The number of halogens is 4. The Balaban J connectivity index is 3.57. The molecule has 0 fully saturated rings. The highest BCUT2D eigenvalue weighted by Gasteiger charge is 2.37. The Bertz CT molecular complexity index is 413. The van der Waals surface area contributed by atoms with E-state index in [1.807, 2.05) is 0 Å². The molecule has 82 valence electrons. The van der Waals surface area contributed by atoms with Crippen molar-refractivity contribution < 1.29 is 23.1 Å². The van der Waals surface area contributed by atoms with E-state index < -0.39 is 28.8 Å². The van der Waals surface area contributed by atoms with Crippen molar-refractivity contribution in [2.45, 2.75) is 13.1 Å². The number of benzene rings is 1. The first-order valence-electron chi connectivity index (χ1n) is 3.84. The maximum Gasteiger partial charge on any atom is 0.418 e. The molecule has 0 bridgehead atoms. The molecule has 0 amide bonds. The molecule has 0 aliphatic carbocycles. The lowest BCUT2D eigenvalue weighted by molar-refractivity contribution is -0.138. The van der Waals surface area contributed by atoms with Crippen molar-refractivity contribution >= 4 is 28.4 Å². The smallest absolute Gasteiger partial charge is 0.418 e. The zero-order valence-corrected chi connectivity index (χ0v) is 9.68. The summed E-state index contributed by atoms with van der Waals surface area (Å²) in [7, 11) is 0. The maximum atomic E-state index is 12.6. The standard InChI is InChI=1S/C9H6F3IO2/c1-4(14)5-2-3-6(15)8(13)7(5)9(10,11)12/h2-3,15H,1H3. The van der Waals surface area contributed by atoms with Gasteiger partial charge in [0.05, 0.1) is 9.13 Å². The zero-order valence-electron chi connectivity index (χ0n) is 7.52. The topological polar surface area (TPSA) is 37.3 Å². The van der Waals surface area contributed by atoms with Gasteiger partial charge in [-0.05, 0) is 41.6 Å². The number of rotatable bonds is 1. The van der Waals surface area contributed by atoms with Gasteiger partial charge in [0.25, 0.3) is 0 Å². The van der Waals surface area contributed by atoms with E-state index in [0.29, 0.717) is 0 Å². The molecule has 0 radical (unpaired) electrons. The lowest BCUT2D eigenvalue weighted by Gasteiger charge is -2.13. The second-order valence-electron chi connectivity index (χ2n) is 2.88. The van der Waals surface area contributed by atoms with Crippen molar-refractivity contribution in [1.29, 1.82) is 0 Å². The Morgan fingerprint density at radius 3 is 2.33 bits per heavy atom. The molecule has 0 heterocycles. The minimum atomic E-state index is -4.64. The fourth-order valence-corrected chi connectivity index (χ4v) is 1.91. The van der Waals surface area contributed by atoms with Gasteiger partial charge < -0.3 is 5.11 Å². The molecule has 1 aromatic carbocycles. The molecule has 15 heavy (non-hydrogen) atoms. The van der Waals surface area contributed by atoms with E-state index >= 15 is 0 Å². The van der Waals surface area contributed by atoms with Crippen LogP contribution in [0.25, 0.3) is 0 Å². The average molecular weight is 330 g/mol. The Kier molecular flexibility index (Phi) is 3.27. The van der Waals surface area contributed by atoms with Crippen LogP contribution in [0.15, 0.2) is 12.1 Å². The summed E-state index contributed by atoms with van der Waals surface area (Å²) in [6.45, 7) is 1.05. The Labute approximate surface area is 97.2 Å². The number of aromatic hydroxyl groups is 1. The number of hydrogen-bond acceptors (Lipinski definition) is 2. The zero-order chi connectivity index (χ0) is 11.8. The van der Waals surface area contributed by atoms with E-state index in [2.05, 4.69) is 0 Å². The predicted octanol–water partition coefficient (Wildman–Crippen LogP) is 3.22. The molecule has 0 atom stereocenters. The third-order valence-corrected chi connectivity index (χ3v) is 2.88. The van der Waals surface area contributed by atoms with Crippen LogP contribution >= 0.6 is 22.6 Å². The molecule has 1 rings (SSSR count). The molecule has 1 aromatic rings. The van der Waals surface area contributed by atoms with Crippen LogP contribution in [0, 0.1) is 3.57 Å². The summed E-state index contributed by atoms with van der Waals surface area (Å²) in [6, 6.07) is 2.05. The van der Waals surface area contributed by atoms with Gasteiger partial charge in [0.2, 0.25) is 0 Å². The summed E-state index contributed by atoms with van der Waals surface area (Å²) in [5.74, 6) is -1.16. The minimum Gasteiger partial charge on any atom is -0.507 e. The number of carbonyl (C=O) groups excluding carboxylic acids is 1. The Hall–Kier alpha value is -0.790. The first-order chi connectivity index (χ1) is 6.75. The highest BCUT2D eigenvalue weighted by Crippen LogP contribution is 2.39. The molecular formula is C9H6F3IO2. The van der Waals surface area contributed by atoms with Crippen LogP contribution in [0.2, 0.25) is 0 Å². The number of phenolic OH excluding ortho intramolecular Hbond substituents is 1. The van der Waals surface area contributed by atoms with Crippen molar-refractivity contribution in [3.8, 4) is 5.75 Å². The van der Waals surface area contributed by atoms with Crippen molar-refractivity contribution in [2.75, 3.05) is 0 Å². The molecule has 0 saturated heterocycles. The summed E-state index contributed by atoms with van der Waals surface area (Å²) >= 11 is 1.37. The first-order valence-corrected chi connectivity index (χ1v) is 4.92. The lowest BCUT2D eigenvalue weighted by atomic mass is 10.0. The highest BCUT2D eigenvalue weighted by atomic mass is 127. The number of alkyl halides is 3. The second kappa shape index (κ2) is 3.99. The van der Waals surface area contributed by atoms with E-state index in [1.54, 1.807) is 0 Å². The number of carbonyl (C=O) groups is 1. The van der Waals surface area contributed by atoms with Crippen LogP contribution in [-0.2, 0) is 6.18 Å². The monoisotopic (exact) mass is 330 g/mol. The number of phenols is 1. The SMILES string of the molecule is CC(=O)c1ccc(O)c(I)c1C(F)(F)F. The van der Waals surface area contributed by atoms with E-state index in [4.69, 9.17) is 5.11 Å². The largest absolute Gasteiger partial charge is 0.507 e. The summed E-state index contributed by atoms with van der Waals surface area (Å²) in [5, 5.41) is 9.15. The molecule has 0 spiro atoms. The van der Waals surface area contributed by atoms with Gasteiger partial charge in [-0.25, -0.2) is 0 Å². The Morgan fingerprint density at radius 1 is 1.40 bits per heavy atom. The van der Waals surface area contributed by atoms with Gasteiger partial charge in [0.1, 0.15) is 5.75 Å². The van der Waals surface area contributed by atoms with Gasteiger partial charge in [-0.3, -0.25) is 4.79 Å². The molecule has 0 unspecified atom stereocenters. The van der Waals surface area contributed by atoms with Crippen LogP contribution in [0.4, 0.5) is 13.2 Å². The molecule has 0 saturated carbocycles. The van der Waals surface area contributed by atoms with Gasteiger partial charge in [0, 0.05) is 5.56 Å². The van der Waals surface area contributed by atoms with Crippen molar-refractivity contribution in [3.05, 3.63) is 26.8 Å². The third-order valence-electron chi connectivity index (χ3n) is 1.78. The van der Waals surface area contributed by atoms with E-state index in [9.17, 15) is 18.0 Å². The Morgan fingerprint density at radius 2 is 1.93 bits per heavy atom. The van der Waals surface area contributed by atoms with E-state index in [1.165, 1.54) is 22.6 Å². The molecule has 6 heteroatoms. The number of ketones is 1. The molecule has 1 N–H and O–H groups in total. The normalized spacial score (nSPS) is 11.5. The molecule has 0 aliphatic heterocycles. The summed E-state index contributed by atoms with van der Waals surface area (Å²) < 4.78 is 37.4. The van der Waals surface area contributed by atoms with Gasteiger partial charge in [-0.2, -0.15) is 13.2 Å². The molecular weight excluding hydrogens is 324 g/mol. The molecule has 0 aliphatic rings. The summed E-state index contributed by atoms with van der Waals surface area (Å²) in [5.41, 5.74) is -1.50. The van der Waals surface area contributed by atoms with E-state index in [0.717, 1.165) is 19.1 Å². The average Bonchev–Trinajstić information content (AvgIpc) is 2.06. The van der Waals surface area contributed by atoms with Gasteiger partial charge in [-0.1, -0.05) is 0 Å². The first kappa shape index (κ1) is 12.3. The fraction of sp³-hybridized carbons (Fsp3) is 0.222. The van der Waals surface area contributed by atoms with Crippen molar-refractivity contribution in [2.24, 2.45) is 0 Å². The predicted molar refractivity (Wildman–Crippen MR) is 55.8 cm³/mol. The van der Waals surface area contributed by atoms with Crippen LogP contribution in [0.3, 0.4) is 0 Å². The van der Waals surface area contributed by atoms with Crippen molar-refractivity contribution in [3.63, 3.8) is 0 Å². The lowest BCUT2D eigenvalue weighted by Crippen LogP contribution is -2.14. The quantitative estimate of drug-likeness (QED) is 0.634. The van der Waals surface area contributed by atoms with Crippen molar-refractivity contribution in [1.82, 2.24) is 0 Å². The fourth-order valence-electron chi connectivity index (χ4n) is 1.14. The van der Waals surface area contributed by atoms with E-state index in [-0.39, 0.29) is 3.57 Å². The number of hydrogen-bond donors (Lipinski definition) is 1. The molecule has 0 aromatic heterocycles. The highest BCUT2D eigenvalue weighted by molar-refractivity contribution is 14.1. The van der Waals surface area contributed by atoms with Crippen LogP contribution in [-0.4, -0.2) is 10.9 Å². The van der Waals surface area contributed by atoms with Gasteiger partial charge in [0.15, 0.2) is 5.78 Å². The summed E-state index contributed by atoms with van der Waals surface area (Å²) in [6.07, 6.45) is -4.64. The van der Waals surface area contributed by atoms with Crippen LogP contribution in [0.5, 0.6) is 5.75 Å². The van der Waals surface area contributed by atoms with Crippen LogP contribution in [0.1, 0.15) is 22.8 Å². The second-order valence-corrected chi connectivity index (χ2v) is 3.95. The maximum absolute atomic E-state index is 12.6. The van der Waals surface area contributed by atoms with Crippen LogP contribution < -0.4 is 0 Å². The van der Waals surface area contributed by atoms with Gasteiger partial charge >= 0.3 is 6.18 Å². The number of Topliss-reactive ketones (excluding diaryl/α,β-unsaturated/α-hetero) is 1. The third kappa shape index (κ3) is 2.42. The molecule has 2 nitrogen and oxygen atoms in total. The summed E-state index contributed by atoms with van der Waals surface area (Å²) in [4.78, 5) is 11.0. The minimum absolute atomic E-state index is 0.354.